The van der Waals surface area contributed by atoms with Gasteiger partial charge in [0.2, 0.25) is 6.29 Å². The van der Waals surface area contributed by atoms with E-state index in [2.05, 4.69) is 0 Å². The van der Waals surface area contributed by atoms with E-state index in [0.717, 1.165) is 5.56 Å². The van der Waals surface area contributed by atoms with Gasteiger partial charge in [-0.3, -0.25) is 0 Å². The monoisotopic (exact) mass is 474 g/mol. The maximum atomic E-state index is 10.3. The first kappa shape index (κ1) is 25.8. The van der Waals surface area contributed by atoms with Crippen LogP contribution in [0.15, 0.2) is 24.3 Å². The lowest BCUT2D eigenvalue weighted by atomic mass is 9.99. The molecule has 9 atom stereocenters. The van der Waals surface area contributed by atoms with Crippen LogP contribution in [0.1, 0.15) is 5.56 Å². The summed E-state index contributed by atoms with van der Waals surface area (Å²) in [5, 5.41) is 68.7. The fourth-order valence-corrected chi connectivity index (χ4v) is 3.54. The Balaban J connectivity index is 1.67. The van der Waals surface area contributed by atoms with Crippen molar-refractivity contribution in [3.63, 3.8) is 0 Å². The topological polar surface area (TPSA) is 188 Å². The summed E-state index contributed by atoms with van der Waals surface area (Å²) in [4.78, 5) is 0. The molecule has 186 valence electrons. The number of rotatable bonds is 9. The molecular weight excluding hydrogens is 444 g/mol. The minimum absolute atomic E-state index is 0.130. The van der Waals surface area contributed by atoms with Crippen molar-refractivity contribution in [2.75, 3.05) is 26.9 Å². The zero-order valence-electron chi connectivity index (χ0n) is 17.9. The predicted molar refractivity (Wildman–Crippen MR) is 110 cm³/mol. The third-order valence-electron chi connectivity index (χ3n) is 5.44. The van der Waals surface area contributed by atoms with E-state index in [4.69, 9.17) is 33.9 Å². The van der Waals surface area contributed by atoms with Gasteiger partial charge >= 0.3 is 0 Å². The first-order valence-corrected chi connectivity index (χ1v) is 10.4. The molecule has 0 radical (unpaired) electrons. The Kier molecular flexibility index (Phi) is 9.01. The Labute approximate surface area is 189 Å². The summed E-state index contributed by atoms with van der Waals surface area (Å²) in [5.41, 5.74) is 0.721. The first-order valence-electron chi connectivity index (χ1n) is 10.4. The van der Waals surface area contributed by atoms with Gasteiger partial charge in [0.1, 0.15) is 42.7 Å². The van der Waals surface area contributed by atoms with Gasteiger partial charge in [0.05, 0.1) is 26.9 Å². The Bertz CT molecular complexity index is 789. The standard InChI is InChI=1S/C21H30O12/c1-29-12-7-10(3-2-6-22)4-5-11(12)31-21-19(28)17(26)16(25)14(33-21)9-30-20-18(27)15(24)13(8-23)32-20/h2-5,7,13-28H,6,8-9H2,1H3. The molecule has 0 aromatic heterocycles. The lowest BCUT2D eigenvalue weighted by Crippen LogP contribution is -2.60. The van der Waals surface area contributed by atoms with Gasteiger partial charge in [0.25, 0.3) is 0 Å². The molecule has 2 heterocycles. The normalized spacial score (nSPS) is 36.9. The second-order valence-electron chi connectivity index (χ2n) is 7.67. The summed E-state index contributed by atoms with van der Waals surface area (Å²) in [6.07, 6.45) is -9.31. The Morgan fingerprint density at radius 3 is 2.15 bits per heavy atom. The SMILES string of the molecule is COc1cc(C=CCO)ccc1OC1OC(COC2OC(CO)C(O)C2O)C(O)C(O)C1O. The number of hydrogen-bond acceptors (Lipinski definition) is 12. The predicted octanol–water partition coefficient (Wildman–Crippen LogP) is -2.66. The molecule has 1 aromatic rings. The second-order valence-corrected chi connectivity index (χ2v) is 7.67. The van der Waals surface area contributed by atoms with Crippen LogP contribution in [0.25, 0.3) is 6.08 Å². The number of aliphatic hydroxyl groups excluding tert-OH is 7. The molecule has 12 heteroatoms. The lowest BCUT2D eigenvalue weighted by Gasteiger charge is -2.40. The van der Waals surface area contributed by atoms with Crippen LogP contribution in [0.5, 0.6) is 11.5 Å². The van der Waals surface area contributed by atoms with E-state index in [1.165, 1.54) is 7.11 Å². The van der Waals surface area contributed by atoms with E-state index < -0.39 is 61.9 Å². The number of aliphatic hydroxyl groups is 7. The summed E-state index contributed by atoms with van der Waals surface area (Å²) in [6, 6.07) is 4.85. The Morgan fingerprint density at radius 2 is 1.52 bits per heavy atom. The quantitative estimate of drug-likeness (QED) is 0.197. The Hall–Kier alpha value is -1.84. The maximum Gasteiger partial charge on any atom is 0.229 e. The van der Waals surface area contributed by atoms with Crippen LogP contribution < -0.4 is 9.47 Å². The first-order chi connectivity index (χ1) is 15.8. The molecule has 0 amide bonds. The average Bonchev–Trinajstić information content (AvgIpc) is 3.10. The highest BCUT2D eigenvalue weighted by atomic mass is 16.7. The molecule has 33 heavy (non-hydrogen) atoms. The summed E-state index contributed by atoms with van der Waals surface area (Å²) in [5.74, 6) is 0.486. The minimum Gasteiger partial charge on any atom is -0.493 e. The van der Waals surface area contributed by atoms with Crippen LogP contribution in [0.3, 0.4) is 0 Å². The molecule has 9 unspecified atom stereocenters. The molecule has 2 aliphatic heterocycles. The van der Waals surface area contributed by atoms with E-state index in [9.17, 15) is 25.5 Å². The highest BCUT2D eigenvalue weighted by molar-refractivity contribution is 5.55. The molecule has 0 aliphatic carbocycles. The van der Waals surface area contributed by atoms with E-state index in [1.54, 1.807) is 30.4 Å². The number of hydrogen-bond donors (Lipinski definition) is 7. The van der Waals surface area contributed by atoms with Crippen molar-refractivity contribution in [2.45, 2.75) is 55.3 Å². The number of methoxy groups -OCH3 is 1. The zero-order valence-corrected chi connectivity index (χ0v) is 17.9. The third kappa shape index (κ3) is 5.81. The van der Waals surface area contributed by atoms with E-state index >= 15 is 0 Å². The van der Waals surface area contributed by atoms with Gasteiger partial charge < -0.3 is 59.4 Å². The molecule has 2 aliphatic rings. The summed E-state index contributed by atoms with van der Waals surface area (Å²) in [6.45, 7) is -1.05. The molecule has 0 spiro atoms. The van der Waals surface area contributed by atoms with Gasteiger partial charge in [-0.1, -0.05) is 18.2 Å². The molecule has 7 N–H and O–H groups in total. The van der Waals surface area contributed by atoms with Crippen LogP contribution in [0.2, 0.25) is 0 Å². The molecule has 1 aromatic carbocycles. The highest BCUT2D eigenvalue weighted by Gasteiger charge is 2.47. The highest BCUT2D eigenvalue weighted by Crippen LogP contribution is 2.33. The average molecular weight is 474 g/mol. The fraction of sp³-hybridized carbons (Fsp3) is 0.619. The molecule has 0 saturated carbocycles. The largest absolute Gasteiger partial charge is 0.493 e. The lowest BCUT2D eigenvalue weighted by molar-refractivity contribution is -0.290. The van der Waals surface area contributed by atoms with Gasteiger partial charge in [-0.05, 0) is 17.7 Å². The van der Waals surface area contributed by atoms with Gasteiger partial charge in [0, 0.05) is 0 Å². The van der Waals surface area contributed by atoms with Crippen LogP contribution in [0, 0.1) is 0 Å². The van der Waals surface area contributed by atoms with E-state index in [0.29, 0.717) is 5.75 Å². The van der Waals surface area contributed by atoms with Gasteiger partial charge in [0.15, 0.2) is 17.8 Å². The molecule has 2 fully saturated rings. The molecule has 0 bridgehead atoms. The number of ether oxygens (including phenoxy) is 5. The fourth-order valence-electron chi connectivity index (χ4n) is 3.54. The third-order valence-corrected chi connectivity index (χ3v) is 5.44. The van der Waals surface area contributed by atoms with Crippen molar-refractivity contribution in [3.05, 3.63) is 29.8 Å². The summed E-state index contributed by atoms with van der Waals surface area (Å²) < 4.78 is 27.2. The van der Waals surface area contributed by atoms with Gasteiger partial charge in [-0.25, -0.2) is 0 Å². The summed E-state index contributed by atoms with van der Waals surface area (Å²) >= 11 is 0. The van der Waals surface area contributed by atoms with Crippen LogP contribution in [-0.4, -0.2) is 118 Å². The minimum atomic E-state index is -1.64. The zero-order chi connectivity index (χ0) is 24.1. The van der Waals surface area contributed by atoms with Crippen LogP contribution in [0.4, 0.5) is 0 Å². The molecular formula is C21H30O12. The van der Waals surface area contributed by atoms with Gasteiger partial charge in [-0.15, -0.1) is 0 Å². The van der Waals surface area contributed by atoms with Crippen molar-refractivity contribution < 1.29 is 59.4 Å². The van der Waals surface area contributed by atoms with Gasteiger partial charge in [-0.2, -0.15) is 0 Å². The van der Waals surface area contributed by atoms with Crippen molar-refractivity contribution >= 4 is 6.08 Å². The van der Waals surface area contributed by atoms with Crippen molar-refractivity contribution in [2.24, 2.45) is 0 Å². The molecule has 12 nitrogen and oxygen atoms in total. The molecule has 3 rings (SSSR count). The maximum absolute atomic E-state index is 10.3. The van der Waals surface area contributed by atoms with E-state index in [1.807, 2.05) is 0 Å². The second kappa shape index (κ2) is 11.5. The van der Waals surface area contributed by atoms with E-state index in [-0.39, 0.29) is 19.0 Å². The van der Waals surface area contributed by atoms with Crippen molar-refractivity contribution in [1.82, 2.24) is 0 Å². The Morgan fingerprint density at radius 1 is 0.848 bits per heavy atom. The van der Waals surface area contributed by atoms with Crippen molar-refractivity contribution in [1.29, 1.82) is 0 Å². The van der Waals surface area contributed by atoms with Crippen LogP contribution >= 0.6 is 0 Å². The molecule has 2 saturated heterocycles. The smallest absolute Gasteiger partial charge is 0.229 e. The number of benzene rings is 1. The summed E-state index contributed by atoms with van der Waals surface area (Å²) in [7, 11) is 1.41. The van der Waals surface area contributed by atoms with Crippen LogP contribution in [-0.2, 0) is 14.2 Å². The van der Waals surface area contributed by atoms with Crippen molar-refractivity contribution in [3.8, 4) is 11.5 Å².